The van der Waals surface area contributed by atoms with Crippen LogP contribution in [0.5, 0.6) is 0 Å². The number of carbonyl (C=O) groups excluding carboxylic acids is 2. The van der Waals surface area contributed by atoms with E-state index in [1.165, 1.54) is 0 Å². The van der Waals surface area contributed by atoms with Gasteiger partial charge in [0.2, 0.25) is 0 Å². The van der Waals surface area contributed by atoms with E-state index in [1.807, 2.05) is 6.92 Å². The van der Waals surface area contributed by atoms with Gasteiger partial charge in [0.05, 0.1) is 5.92 Å². The first-order valence-electron chi connectivity index (χ1n) is 4.72. The highest BCUT2D eigenvalue weighted by atomic mass is 16.5. The molecule has 0 amide bonds. The number of Topliss-reactive ketones (excluding diaryl/α,β-unsaturated/α-hetero) is 2. The van der Waals surface area contributed by atoms with Gasteiger partial charge in [-0.1, -0.05) is 6.92 Å². The molecular formula is C10H18O3. The topological polar surface area (TPSA) is 43.4 Å². The molecule has 0 radical (unpaired) electrons. The van der Waals surface area contributed by atoms with Crippen molar-refractivity contribution in [3.63, 3.8) is 0 Å². The first-order valence-corrected chi connectivity index (χ1v) is 4.72. The second kappa shape index (κ2) is 5.86. The molecular weight excluding hydrogens is 168 g/mol. The molecule has 0 aliphatic carbocycles. The van der Waals surface area contributed by atoms with Crippen molar-refractivity contribution in [1.29, 1.82) is 0 Å². The van der Waals surface area contributed by atoms with Gasteiger partial charge in [0.15, 0.2) is 5.78 Å². The van der Waals surface area contributed by atoms with Gasteiger partial charge in [-0.2, -0.15) is 0 Å². The third kappa shape index (κ3) is 3.68. The standard InChI is InChI=1S/C10H18O3/c1-5-9(11)7(3)10(12)8(4)13-6-2/h7-8H,5-6H2,1-4H3. The Bertz CT molecular complexity index is 187. The monoisotopic (exact) mass is 186 g/mol. The van der Waals surface area contributed by atoms with Crippen molar-refractivity contribution in [3.8, 4) is 0 Å². The molecule has 2 unspecified atom stereocenters. The summed E-state index contributed by atoms with van der Waals surface area (Å²) in [6, 6.07) is 0. The molecule has 0 spiro atoms. The van der Waals surface area contributed by atoms with Gasteiger partial charge in [-0.15, -0.1) is 0 Å². The Hall–Kier alpha value is -0.700. The fourth-order valence-corrected chi connectivity index (χ4v) is 1.15. The molecule has 0 fully saturated rings. The second-order valence-corrected chi connectivity index (χ2v) is 3.04. The van der Waals surface area contributed by atoms with Gasteiger partial charge in [-0.3, -0.25) is 9.59 Å². The molecule has 0 aliphatic rings. The van der Waals surface area contributed by atoms with E-state index in [4.69, 9.17) is 4.74 Å². The summed E-state index contributed by atoms with van der Waals surface area (Å²) in [7, 11) is 0. The van der Waals surface area contributed by atoms with E-state index in [0.29, 0.717) is 13.0 Å². The zero-order chi connectivity index (χ0) is 10.4. The van der Waals surface area contributed by atoms with E-state index in [-0.39, 0.29) is 11.6 Å². The number of hydrogen-bond acceptors (Lipinski definition) is 3. The highest BCUT2D eigenvalue weighted by Crippen LogP contribution is 2.07. The largest absolute Gasteiger partial charge is 0.371 e. The first kappa shape index (κ1) is 12.3. The van der Waals surface area contributed by atoms with Crippen LogP contribution in [0.1, 0.15) is 34.1 Å². The van der Waals surface area contributed by atoms with E-state index in [1.54, 1.807) is 20.8 Å². The van der Waals surface area contributed by atoms with Gasteiger partial charge in [-0.05, 0) is 20.8 Å². The molecule has 13 heavy (non-hydrogen) atoms. The highest BCUT2D eigenvalue weighted by molar-refractivity contribution is 6.03. The summed E-state index contributed by atoms with van der Waals surface area (Å²) >= 11 is 0. The molecule has 2 atom stereocenters. The molecule has 0 saturated carbocycles. The maximum atomic E-state index is 11.5. The maximum Gasteiger partial charge on any atom is 0.171 e. The van der Waals surface area contributed by atoms with Crippen molar-refractivity contribution in [2.45, 2.75) is 40.2 Å². The van der Waals surface area contributed by atoms with E-state index < -0.39 is 12.0 Å². The Kier molecular flexibility index (Phi) is 5.55. The average molecular weight is 186 g/mol. The lowest BCUT2D eigenvalue weighted by Crippen LogP contribution is -2.31. The van der Waals surface area contributed by atoms with Crippen LogP contribution in [-0.2, 0) is 14.3 Å². The molecule has 0 N–H and O–H groups in total. The zero-order valence-electron chi connectivity index (χ0n) is 8.79. The maximum absolute atomic E-state index is 11.5. The van der Waals surface area contributed by atoms with Crippen molar-refractivity contribution in [2.24, 2.45) is 5.92 Å². The Morgan fingerprint density at radius 2 is 1.77 bits per heavy atom. The number of carbonyl (C=O) groups is 2. The summed E-state index contributed by atoms with van der Waals surface area (Å²) in [5, 5.41) is 0. The molecule has 0 heterocycles. The minimum Gasteiger partial charge on any atom is -0.371 e. The highest BCUT2D eigenvalue weighted by Gasteiger charge is 2.24. The van der Waals surface area contributed by atoms with Gasteiger partial charge in [0.1, 0.15) is 11.9 Å². The first-order chi connectivity index (χ1) is 6.04. The Labute approximate surface area is 79.5 Å². The van der Waals surface area contributed by atoms with Crippen LogP contribution in [-0.4, -0.2) is 24.3 Å². The molecule has 0 saturated heterocycles. The zero-order valence-corrected chi connectivity index (χ0v) is 8.79. The third-order valence-electron chi connectivity index (χ3n) is 2.08. The SMILES string of the molecule is CCOC(C)C(=O)C(C)C(=O)CC. The third-order valence-corrected chi connectivity index (χ3v) is 2.08. The van der Waals surface area contributed by atoms with Crippen LogP contribution in [0.4, 0.5) is 0 Å². The van der Waals surface area contributed by atoms with Crippen LogP contribution in [0.3, 0.4) is 0 Å². The molecule has 0 aliphatic heterocycles. The van der Waals surface area contributed by atoms with Gasteiger partial charge in [-0.25, -0.2) is 0 Å². The van der Waals surface area contributed by atoms with Crippen LogP contribution < -0.4 is 0 Å². The van der Waals surface area contributed by atoms with Crippen molar-refractivity contribution in [1.82, 2.24) is 0 Å². The molecule has 0 aromatic rings. The summed E-state index contributed by atoms with van der Waals surface area (Å²) in [6.45, 7) is 7.42. The van der Waals surface area contributed by atoms with Gasteiger partial charge in [0.25, 0.3) is 0 Å². The summed E-state index contributed by atoms with van der Waals surface area (Å²) in [4.78, 5) is 22.7. The average Bonchev–Trinajstić information content (AvgIpc) is 2.14. The number of ketones is 2. The summed E-state index contributed by atoms with van der Waals surface area (Å²) < 4.78 is 5.12. The second-order valence-electron chi connectivity index (χ2n) is 3.04. The molecule has 0 aromatic heterocycles. The van der Waals surface area contributed by atoms with Crippen LogP contribution in [0.25, 0.3) is 0 Å². The van der Waals surface area contributed by atoms with E-state index in [2.05, 4.69) is 0 Å². The van der Waals surface area contributed by atoms with Crippen molar-refractivity contribution in [3.05, 3.63) is 0 Å². The summed E-state index contributed by atoms with van der Waals surface area (Å²) in [5.74, 6) is -0.656. The Morgan fingerprint density at radius 3 is 2.15 bits per heavy atom. The fraction of sp³-hybridized carbons (Fsp3) is 0.800. The Balaban J connectivity index is 4.16. The Morgan fingerprint density at radius 1 is 1.23 bits per heavy atom. The van der Waals surface area contributed by atoms with E-state index in [9.17, 15) is 9.59 Å². The minimum absolute atomic E-state index is 0.0171. The fourth-order valence-electron chi connectivity index (χ4n) is 1.15. The van der Waals surface area contributed by atoms with Crippen molar-refractivity contribution < 1.29 is 14.3 Å². The van der Waals surface area contributed by atoms with Gasteiger partial charge in [0, 0.05) is 13.0 Å². The smallest absolute Gasteiger partial charge is 0.171 e. The molecule has 0 bridgehead atoms. The lowest BCUT2D eigenvalue weighted by molar-refractivity contribution is -0.138. The molecule has 3 heteroatoms. The van der Waals surface area contributed by atoms with E-state index >= 15 is 0 Å². The van der Waals surface area contributed by atoms with Crippen LogP contribution in [0.15, 0.2) is 0 Å². The number of ether oxygens (including phenoxy) is 1. The van der Waals surface area contributed by atoms with E-state index in [0.717, 1.165) is 0 Å². The predicted octanol–water partition coefficient (Wildman–Crippen LogP) is 1.60. The van der Waals surface area contributed by atoms with Crippen LogP contribution in [0, 0.1) is 5.92 Å². The number of rotatable bonds is 6. The number of hydrogen-bond donors (Lipinski definition) is 0. The molecule has 3 nitrogen and oxygen atoms in total. The lowest BCUT2D eigenvalue weighted by atomic mass is 9.96. The quantitative estimate of drug-likeness (QED) is 0.592. The summed E-state index contributed by atoms with van der Waals surface area (Å²) in [5.41, 5.74) is 0. The van der Waals surface area contributed by atoms with Crippen molar-refractivity contribution in [2.75, 3.05) is 6.61 Å². The molecule has 0 rings (SSSR count). The lowest BCUT2D eigenvalue weighted by Gasteiger charge is -2.14. The van der Waals surface area contributed by atoms with Crippen molar-refractivity contribution >= 4 is 11.6 Å². The van der Waals surface area contributed by atoms with Crippen LogP contribution >= 0.6 is 0 Å². The molecule has 0 aromatic carbocycles. The molecule has 76 valence electrons. The summed E-state index contributed by atoms with van der Waals surface area (Å²) in [6.07, 6.45) is -0.0540. The normalized spacial score (nSPS) is 15.1. The van der Waals surface area contributed by atoms with Gasteiger partial charge < -0.3 is 4.74 Å². The van der Waals surface area contributed by atoms with Gasteiger partial charge >= 0.3 is 0 Å². The van der Waals surface area contributed by atoms with Crippen LogP contribution in [0.2, 0.25) is 0 Å². The predicted molar refractivity (Wildman–Crippen MR) is 50.6 cm³/mol. The minimum atomic E-state index is -0.522.